The van der Waals surface area contributed by atoms with Gasteiger partial charge in [-0.2, -0.15) is 12.2 Å². The zero-order chi connectivity index (χ0) is 44.9. The summed E-state index contributed by atoms with van der Waals surface area (Å²) in [4.78, 5) is 48.7. The summed E-state index contributed by atoms with van der Waals surface area (Å²) >= 11 is 0. The molecular formula is C55H48BrMgN3O5. The van der Waals surface area contributed by atoms with Crippen molar-refractivity contribution in [3.05, 3.63) is 222 Å². The molecule has 2 aliphatic rings. The number of amides is 2. The van der Waals surface area contributed by atoms with Crippen LogP contribution in [0.3, 0.4) is 0 Å². The van der Waals surface area contributed by atoms with E-state index in [4.69, 9.17) is 11.0 Å². The summed E-state index contributed by atoms with van der Waals surface area (Å²) in [5.41, 5.74) is 10.8. The first-order valence-electron chi connectivity index (χ1n) is 20.9. The molecule has 0 aliphatic carbocycles. The zero-order valence-corrected chi connectivity index (χ0v) is 39.6. The van der Waals surface area contributed by atoms with E-state index in [0.29, 0.717) is 28.7 Å². The number of benzene rings is 8. The van der Waals surface area contributed by atoms with E-state index in [1.165, 1.54) is 21.2 Å². The molecule has 2 unspecified atom stereocenters. The van der Waals surface area contributed by atoms with Gasteiger partial charge in [0.25, 0.3) is 11.8 Å². The summed E-state index contributed by atoms with van der Waals surface area (Å²) in [6.45, 7) is 9.13. The first-order chi connectivity index (χ1) is 30.7. The van der Waals surface area contributed by atoms with Gasteiger partial charge in [-0.05, 0) is 86.6 Å². The molecule has 0 spiro atoms. The van der Waals surface area contributed by atoms with E-state index in [1.807, 2.05) is 91.9 Å². The van der Waals surface area contributed by atoms with E-state index in [1.54, 1.807) is 55.5 Å². The summed E-state index contributed by atoms with van der Waals surface area (Å²) < 4.78 is 4.35. The molecule has 0 saturated carbocycles. The molecule has 65 heavy (non-hydrogen) atoms. The van der Waals surface area contributed by atoms with Gasteiger partial charge in [0, 0.05) is 6.04 Å². The Morgan fingerprint density at radius 3 is 1.35 bits per heavy atom. The van der Waals surface area contributed by atoms with Crippen LogP contribution in [-0.4, -0.2) is 51.7 Å². The first kappa shape index (κ1) is 51.2. The van der Waals surface area contributed by atoms with Crippen LogP contribution in [0.2, 0.25) is 0 Å². The van der Waals surface area contributed by atoms with E-state index in [9.17, 15) is 19.2 Å². The Labute approximate surface area is 406 Å². The SMILES string of the molecule is CCC(N)c1cccc2ccccc12.CCC(c1cccc2ccccc12)N1C(=O)c2ccccc2C1=O.N#Cc1cccc2ccccc12.O=C1OC(=O)c2ccccc21.[Br-].[CH2-]C.[Mg+2]. The average molecular weight is 935 g/mol. The zero-order valence-electron chi connectivity index (χ0n) is 36.6. The van der Waals surface area contributed by atoms with Gasteiger partial charge < -0.3 is 34.4 Å². The Morgan fingerprint density at radius 2 is 0.892 bits per heavy atom. The molecule has 2 N–H and O–H groups in total. The molecule has 10 heteroatoms. The van der Waals surface area contributed by atoms with Crippen molar-refractivity contribution in [1.82, 2.24) is 4.90 Å². The number of hydrogen-bond donors (Lipinski definition) is 1. The van der Waals surface area contributed by atoms with Crippen molar-refractivity contribution in [3.8, 4) is 6.07 Å². The van der Waals surface area contributed by atoms with Gasteiger partial charge in [-0.3, -0.25) is 14.5 Å². The van der Waals surface area contributed by atoms with Crippen LogP contribution in [0.1, 0.15) is 104 Å². The number of esters is 2. The minimum Gasteiger partial charge on any atom is -1.00 e. The number of nitriles is 1. The van der Waals surface area contributed by atoms with Gasteiger partial charge in [0.05, 0.1) is 39.9 Å². The Morgan fingerprint density at radius 1 is 0.523 bits per heavy atom. The van der Waals surface area contributed by atoms with Gasteiger partial charge in [-0.1, -0.05) is 159 Å². The molecule has 0 fully saturated rings. The van der Waals surface area contributed by atoms with Gasteiger partial charge in [0.2, 0.25) is 0 Å². The van der Waals surface area contributed by atoms with Crippen LogP contribution < -0.4 is 22.7 Å². The predicted molar refractivity (Wildman–Crippen MR) is 257 cm³/mol. The van der Waals surface area contributed by atoms with Crippen LogP contribution in [-0.2, 0) is 4.74 Å². The maximum Gasteiger partial charge on any atom is 2.00 e. The number of halogens is 1. The molecule has 10 rings (SSSR count). The second-order valence-corrected chi connectivity index (χ2v) is 14.5. The second-order valence-electron chi connectivity index (χ2n) is 14.5. The molecule has 2 atom stereocenters. The van der Waals surface area contributed by atoms with Crippen molar-refractivity contribution in [1.29, 1.82) is 5.26 Å². The van der Waals surface area contributed by atoms with Crippen molar-refractivity contribution in [2.75, 3.05) is 0 Å². The van der Waals surface area contributed by atoms with Gasteiger partial charge in [-0.15, -0.1) is 0 Å². The summed E-state index contributed by atoms with van der Waals surface area (Å²) in [6.07, 6.45) is 1.66. The Hall–Kier alpha value is -6.48. The molecule has 8 aromatic rings. The second kappa shape index (κ2) is 24.5. The molecule has 2 heterocycles. The van der Waals surface area contributed by atoms with Crippen LogP contribution in [0.15, 0.2) is 176 Å². The van der Waals surface area contributed by atoms with Gasteiger partial charge in [0.1, 0.15) is 0 Å². The van der Waals surface area contributed by atoms with E-state index in [-0.39, 0.29) is 63.9 Å². The van der Waals surface area contributed by atoms with Gasteiger partial charge >= 0.3 is 35.0 Å². The fourth-order valence-electron chi connectivity index (χ4n) is 7.72. The quantitative estimate of drug-likeness (QED) is 0.0600. The normalized spacial score (nSPS) is 12.6. The number of nitrogens with two attached hydrogens (primary N) is 1. The van der Waals surface area contributed by atoms with E-state index >= 15 is 0 Å². The number of cyclic esters (lactones) is 2. The predicted octanol–water partition coefficient (Wildman–Crippen LogP) is 9.01. The number of nitrogens with zero attached hydrogens (tertiary/aromatic N) is 2. The summed E-state index contributed by atoms with van der Waals surface area (Å²) in [7, 11) is 0. The van der Waals surface area contributed by atoms with E-state index < -0.39 is 11.9 Å². The molecule has 2 amide bonds. The summed E-state index contributed by atoms with van der Waals surface area (Å²) in [6, 6.07) is 58.1. The van der Waals surface area contributed by atoms with Crippen molar-refractivity contribution in [2.24, 2.45) is 5.73 Å². The topological polar surface area (TPSA) is 131 Å². The fraction of sp³-hybridized carbons (Fsp3) is 0.127. The van der Waals surface area contributed by atoms with Crippen LogP contribution in [0, 0.1) is 18.3 Å². The van der Waals surface area contributed by atoms with E-state index in [2.05, 4.69) is 67.1 Å². The number of rotatable bonds is 5. The number of hydrogen-bond acceptors (Lipinski definition) is 7. The van der Waals surface area contributed by atoms with Crippen molar-refractivity contribution < 1.29 is 40.9 Å². The number of fused-ring (bicyclic) bond motifs is 5. The smallest absolute Gasteiger partial charge is 1.00 e. The molecule has 0 aromatic heterocycles. The molecule has 0 radical (unpaired) electrons. The molecule has 0 bridgehead atoms. The first-order valence-corrected chi connectivity index (χ1v) is 20.9. The van der Waals surface area contributed by atoms with Crippen LogP contribution in [0.25, 0.3) is 32.3 Å². The standard InChI is InChI=1S/C21H17NO2.C13H15N.C11H7N.C8H4O3.C2H5.BrH.Mg/c1-2-19(16-13-7-9-14-8-3-4-10-15(14)16)22-20(23)17-11-5-6-12-18(17)21(22)24;1-2-13(14)12-9-5-7-10-6-3-4-8-11(10)12;12-8-10-6-3-5-9-4-1-2-7-11(9)10;9-7-5-3-1-2-4-6(5)8(10)11-7;1-2;;/h3-13,19H,2H2,1H3;3-9,13H,2,14H2,1H3;1-7H;1-4H;1H2,2H3;1H;/q;;;;-1;;+2/p-1. The van der Waals surface area contributed by atoms with Crippen molar-refractivity contribution in [3.63, 3.8) is 0 Å². The fourth-order valence-corrected chi connectivity index (χ4v) is 7.72. The Bertz CT molecular complexity index is 2900. The molecule has 2 aliphatic heterocycles. The third-order valence-electron chi connectivity index (χ3n) is 10.8. The largest absolute Gasteiger partial charge is 2.00 e. The Kier molecular flexibility index (Phi) is 19.3. The number of imide groups is 1. The number of carbonyl (C=O) groups is 4. The van der Waals surface area contributed by atoms with Crippen LogP contribution in [0.4, 0.5) is 0 Å². The number of ether oxygens (including phenoxy) is 1. The molecule has 322 valence electrons. The van der Waals surface area contributed by atoms with Crippen LogP contribution in [0.5, 0.6) is 0 Å². The monoisotopic (exact) mass is 933 g/mol. The van der Waals surface area contributed by atoms with Crippen molar-refractivity contribution in [2.45, 2.75) is 45.7 Å². The third-order valence-corrected chi connectivity index (χ3v) is 10.8. The average Bonchev–Trinajstić information content (AvgIpc) is 3.78. The van der Waals surface area contributed by atoms with Gasteiger partial charge in [0.15, 0.2) is 0 Å². The Balaban J connectivity index is 0.000000195. The minimum absolute atomic E-state index is 0. The molecule has 0 saturated heterocycles. The minimum atomic E-state index is -0.550. The van der Waals surface area contributed by atoms with Crippen molar-refractivity contribution >= 4 is 79.1 Å². The molecule has 8 nitrogen and oxygen atoms in total. The van der Waals surface area contributed by atoms with E-state index in [0.717, 1.165) is 39.1 Å². The third kappa shape index (κ3) is 11.4. The van der Waals surface area contributed by atoms with Crippen LogP contribution >= 0.6 is 0 Å². The summed E-state index contributed by atoms with van der Waals surface area (Å²) in [5.74, 6) is -1.50. The molecular weight excluding hydrogens is 887 g/mol. The van der Waals surface area contributed by atoms with Gasteiger partial charge in [-0.25, -0.2) is 9.59 Å². The maximum absolute atomic E-state index is 12.8. The summed E-state index contributed by atoms with van der Waals surface area (Å²) in [5, 5.41) is 15.7. The molecule has 8 aromatic carbocycles. The maximum atomic E-state index is 12.8. The number of carbonyl (C=O) groups excluding carboxylic acids is 4.